The average molecular weight is 472 g/mol. The van der Waals surface area contributed by atoms with Crippen LogP contribution in [0.15, 0.2) is 84.2 Å². The van der Waals surface area contributed by atoms with E-state index in [1.807, 2.05) is 66.9 Å². The highest BCUT2D eigenvalue weighted by atomic mass is 32.1. The fourth-order valence-electron chi connectivity index (χ4n) is 3.46. The highest BCUT2D eigenvalue weighted by Gasteiger charge is 2.19. The molecular formula is C26H18FN3OS2. The molecule has 0 atom stereocenters. The van der Waals surface area contributed by atoms with Crippen molar-refractivity contribution in [1.82, 2.24) is 9.97 Å². The molecule has 33 heavy (non-hydrogen) atoms. The van der Waals surface area contributed by atoms with E-state index in [4.69, 9.17) is 0 Å². The molecule has 0 saturated heterocycles. The molecule has 0 aliphatic carbocycles. The molecule has 1 N–H and O–H groups in total. The Morgan fingerprint density at radius 3 is 2.33 bits per heavy atom. The molecule has 5 rings (SSSR count). The number of anilines is 1. The Kier molecular flexibility index (Phi) is 5.81. The van der Waals surface area contributed by atoms with Crippen molar-refractivity contribution >= 4 is 34.3 Å². The quantitative estimate of drug-likeness (QED) is 0.293. The standard InChI is InChI=1S/C26H18FN3OS2/c1-16-23(33-25(28-16)17-9-3-2-4-10-17)24(31)29-21-14-8-6-12-19(21)22-15-32-26(30-22)18-11-5-7-13-20(18)27/h2-15H,1H3,(H,29,31). The maximum Gasteiger partial charge on any atom is 0.267 e. The van der Waals surface area contributed by atoms with Crippen LogP contribution in [0.25, 0.3) is 32.4 Å². The van der Waals surface area contributed by atoms with Crippen LogP contribution in [0.5, 0.6) is 0 Å². The van der Waals surface area contributed by atoms with Crippen LogP contribution in [0.4, 0.5) is 10.1 Å². The number of halogens is 1. The number of aromatic nitrogens is 2. The van der Waals surface area contributed by atoms with E-state index >= 15 is 0 Å². The number of benzene rings is 3. The van der Waals surface area contributed by atoms with Crippen LogP contribution < -0.4 is 5.32 Å². The van der Waals surface area contributed by atoms with Crippen molar-refractivity contribution in [3.63, 3.8) is 0 Å². The van der Waals surface area contributed by atoms with E-state index in [1.54, 1.807) is 18.2 Å². The molecule has 5 aromatic rings. The van der Waals surface area contributed by atoms with Gasteiger partial charge in [0.1, 0.15) is 20.7 Å². The van der Waals surface area contributed by atoms with Crippen molar-refractivity contribution in [2.75, 3.05) is 5.32 Å². The summed E-state index contributed by atoms with van der Waals surface area (Å²) in [5.74, 6) is -0.529. The number of thiazole rings is 2. The van der Waals surface area contributed by atoms with Crippen molar-refractivity contribution < 1.29 is 9.18 Å². The number of rotatable bonds is 5. The third-order valence-corrected chi connectivity index (χ3v) is 7.16. The number of carbonyl (C=O) groups is 1. The molecule has 0 spiro atoms. The summed E-state index contributed by atoms with van der Waals surface area (Å²) in [6.07, 6.45) is 0. The Balaban J connectivity index is 1.43. The van der Waals surface area contributed by atoms with E-state index in [0.29, 0.717) is 32.5 Å². The van der Waals surface area contributed by atoms with Crippen molar-refractivity contribution in [1.29, 1.82) is 0 Å². The van der Waals surface area contributed by atoms with Crippen molar-refractivity contribution in [2.24, 2.45) is 0 Å². The Bertz CT molecular complexity index is 1440. The Morgan fingerprint density at radius 1 is 0.848 bits per heavy atom. The second kappa shape index (κ2) is 9.05. The lowest BCUT2D eigenvalue weighted by Gasteiger charge is -2.09. The van der Waals surface area contributed by atoms with Gasteiger partial charge in [-0.3, -0.25) is 4.79 Å². The highest BCUT2D eigenvalue weighted by molar-refractivity contribution is 7.17. The summed E-state index contributed by atoms with van der Waals surface area (Å²) in [6.45, 7) is 1.84. The zero-order valence-corrected chi connectivity index (χ0v) is 19.2. The summed E-state index contributed by atoms with van der Waals surface area (Å²) in [5.41, 5.74) is 4.22. The maximum atomic E-state index is 14.2. The zero-order chi connectivity index (χ0) is 22.8. The van der Waals surface area contributed by atoms with Crippen LogP contribution in [0.2, 0.25) is 0 Å². The number of amides is 1. The van der Waals surface area contributed by atoms with Gasteiger partial charge in [-0.05, 0) is 25.1 Å². The van der Waals surface area contributed by atoms with Gasteiger partial charge in [-0.15, -0.1) is 22.7 Å². The minimum atomic E-state index is -0.310. The smallest absolute Gasteiger partial charge is 0.267 e. The monoisotopic (exact) mass is 471 g/mol. The topological polar surface area (TPSA) is 54.9 Å². The van der Waals surface area contributed by atoms with Crippen molar-refractivity contribution in [2.45, 2.75) is 6.92 Å². The number of hydrogen-bond donors (Lipinski definition) is 1. The molecule has 0 saturated carbocycles. The number of hydrogen-bond acceptors (Lipinski definition) is 5. The molecule has 0 bridgehead atoms. The first kappa shape index (κ1) is 21.2. The van der Waals surface area contributed by atoms with Crippen LogP contribution in [0.1, 0.15) is 15.4 Å². The fourth-order valence-corrected chi connectivity index (χ4v) is 5.28. The second-order valence-electron chi connectivity index (χ2n) is 7.32. The summed E-state index contributed by atoms with van der Waals surface area (Å²) < 4.78 is 14.2. The van der Waals surface area contributed by atoms with Gasteiger partial charge < -0.3 is 5.32 Å². The number of carbonyl (C=O) groups excluding carboxylic acids is 1. The minimum Gasteiger partial charge on any atom is -0.321 e. The van der Waals surface area contributed by atoms with E-state index in [9.17, 15) is 9.18 Å². The predicted octanol–water partition coefficient (Wildman–Crippen LogP) is 7.30. The molecular weight excluding hydrogens is 453 g/mol. The van der Waals surface area contributed by atoms with Crippen LogP contribution in [-0.4, -0.2) is 15.9 Å². The normalized spacial score (nSPS) is 10.8. The van der Waals surface area contributed by atoms with Gasteiger partial charge in [0.05, 0.1) is 17.1 Å². The van der Waals surface area contributed by atoms with E-state index in [-0.39, 0.29) is 11.7 Å². The molecule has 0 radical (unpaired) electrons. The number of para-hydroxylation sites is 1. The van der Waals surface area contributed by atoms with Gasteiger partial charge in [0.2, 0.25) is 0 Å². The van der Waals surface area contributed by atoms with E-state index in [0.717, 1.165) is 16.1 Å². The Morgan fingerprint density at radius 2 is 1.55 bits per heavy atom. The van der Waals surface area contributed by atoms with Gasteiger partial charge >= 0.3 is 0 Å². The number of nitrogens with zero attached hydrogens (tertiary/aromatic N) is 2. The maximum absolute atomic E-state index is 14.2. The molecule has 0 aliphatic heterocycles. The number of nitrogens with one attached hydrogen (secondary N) is 1. The van der Waals surface area contributed by atoms with E-state index in [2.05, 4.69) is 15.3 Å². The molecule has 162 valence electrons. The summed E-state index contributed by atoms with van der Waals surface area (Å²) >= 11 is 2.73. The van der Waals surface area contributed by atoms with Crippen molar-refractivity contribution in [3.05, 3.63) is 101 Å². The van der Waals surface area contributed by atoms with Gasteiger partial charge in [0.25, 0.3) is 5.91 Å². The second-order valence-corrected chi connectivity index (χ2v) is 9.17. The lowest BCUT2D eigenvalue weighted by atomic mass is 10.1. The third-order valence-electron chi connectivity index (χ3n) is 5.08. The summed E-state index contributed by atoms with van der Waals surface area (Å²) in [6, 6.07) is 23.9. The van der Waals surface area contributed by atoms with E-state index in [1.165, 1.54) is 28.7 Å². The van der Waals surface area contributed by atoms with Crippen LogP contribution in [-0.2, 0) is 0 Å². The molecule has 2 heterocycles. The van der Waals surface area contributed by atoms with Gasteiger partial charge in [-0.25, -0.2) is 14.4 Å². The first-order valence-electron chi connectivity index (χ1n) is 10.2. The molecule has 7 heteroatoms. The molecule has 3 aromatic carbocycles. The first-order chi connectivity index (χ1) is 16.1. The van der Waals surface area contributed by atoms with Gasteiger partial charge in [-0.1, -0.05) is 60.7 Å². The van der Waals surface area contributed by atoms with Crippen molar-refractivity contribution in [3.8, 4) is 32.4 Å². The molecule has 0 fully saturated rings. The summed E-state index contributed by atoms with van der Waals surface area (Å²) in [5, 5.41) is 6.29. The fraction of sp³-hybridized carbons (Fsp3) is 0.0385. The highest BCUT2D eigenvalue weighted by Crippen LogP contribution is 2.34. The van der Waals surface area contributed by atoms with Gasteiger partial charge in [0.15, 0.2) is 0 Å². The zero-order valence-electron chi connectivity index (χ0n) is 17.6. The molecule has 2 aromatic heterocycles. The van der Waals surface area contributed by atoms with Crippen LogP contribution in [0, 0.1) is 12.7 Å². The summed E-state index contributed by atoms with van der Waals surface area (Å²) in [7, 11) is 0. The lowest BCUT2D eigenvalue weighted by Crippen LogP contribution is -2.12. The summed E-state index contributed by atoms with van der Waals surface area (Å²) in [4.78, 5) is 22.9. The van der Waals surface area contributed by atoms with Gasteiger partial charge in [0, 0.05) is 22.1 Å². The van der Waals surface area contributed by atoms with E-state index < -0.39 is 0 Å². The molecule has 0 aliphatic rings. The van der Waals surface area contributed by atoms with Gasteiger partial charge in [-0.2, -0.15) is 0 Å². The minimum absolute atomic E-state index is 0.218. The number of aryl methyl sites for hydroxylation is 1. The molecule has 4 nitrogen and oxygen atoms in total. The predicted molar refractivity (Wildman–Crippen MR) is 133 cm³/mol. The van der Waals surface area contributed by atoms with Crippen LogP contribution in [0.3, 0.4) is 0 Å². The first-order valence-corrected chi connectivity index (χ1v) is 11.9. The third kappa shape index (κ3) is 4.33. The molecule has 1 amide bonds. The lowest BCUT2D eigenvalue weighted by molar-refractivity contribution is 0.103. The largest absolute Gasteiger partial charge is 0.321 e. The van der Waals surface area contributed by atoms with Crippen LogP contribution >= 0.6 is 22.7 Å². The molecule has 0 unspecified atom stereocenters. The Labute approximate surface area is 198 Å². The SMILES string of the molecule is Cc1nc(-c2ccccc2)sc1C(=O)Nc1ccccc1-c1csc(-c2ccccc2F)n1. The average Bonchev–Trinajstić information content (AvgIpc) is 3.47. The Hall–Kier alpha value is -3.68.